The van der Waals surface area contributed by atoms with E-state index in [2.05, 4.69) is 58.8 Å². The van der Waals surface area contributed by atoms with Crippen LogP contribution in [-0.4, -0.2) is 56.8 Å². The second-order valence-corrected chi connectivity index (χ2v) is 8.53. The SMILES string of the molecule is CN=C(NCC(C)(C)SC)NC1CCCN(c2cccc(OC)c2)C1. The first kappa shape index (κ1) is 19.8. The minimum Gasteiger partial charge on any atom is -0.497 e. The fourth-order valence-electron chi connectivity index (χ4n) is 2.89. The average molecular weight is 365 g/mol. The predicted octanol–water partition coefficient (Wildman–Crippen LogP) is 2.97. The number of aliphatic imine (C=N–C) groups is 1. The lowest BCUT2D eigenvalue weighted by atomic mass is 10.0. The predicted molar refractivity (Wildman–Crippen MR) is 110 cm³/mol. The van der Waals surface area contributed by atoms with Crippen LogP contribution in [0.5, 0.6) is 5.75 Å². The number of nitrogens with one attached hydrogen (secondary N) is 2. The summed E-state index contributed by atoms with van der Waals surface area (Å²) in [5.41, 5.74) is 1.22. The van der Waals surface area contributed by atoms with Gasteiger partial charge < -0.3 is 20.3 Å². The lowest BCUT2D eigenvalue weighted by Crippen LogP contribution is -2.52. The van der Waals surface area contributed by atoms with Gasteiger partial charge in [0.15, 0.2) is 5.96 Å². The van der Waals surface area contributed by atoms with Crippen molar-refractivity contribution in [2.24, 2.45) is 4.99 Å². The number of rotatable bonds is 6. The molecule has 6 heteroatoms. The molecular formula is C19H32N4OS. The fourth-order valence-corrected chi connectivity index (χ4v) is 3.11. The summed E-state index contributed by atoms with van der Waals surface area (Å²) in [6, 6.07) is 8.69. The summed E-state index contributed by atoms with van der Waals surface area (Å²) in [6.07, 6.45) is 4.47. The smallest absolute Gasteiger partial charge is 0.191 e. The Labute approximate surface area is 156 Å². The molecule has 0 amide bonds. The number of thioether (sulfide) groups is 1. The molecule has 140 valence electrons. The highest BCUT2D eigenvalue weighted by Gasteiger charge is 2.22. The van der Waals surface area contributed by atoms with Crippen LogP contribution in [0.15, 0.2) is 29.3 Å². The van der Waals surface area contributed by atoms with E-state index in [0.717, 1.165) is 37.8 Å². The molecule has 1 fully saturated rings. The first-order chi connectivity index (χ1) is 12.0. The van der Waals surface area contributed by atoms with Gasteiger partial charge in [0.2, 0.25) is 0 Å². The molecule has 0 aliphatic carbocycles. The van der Waals surface area contributed by atoms with E-state index >= 15 is 0 Å². The van der Waals surface area contributed by atoms with E-state index in [-0.39, 0.29) is 4.75 Å². The van der Waals surface area contributed by atoms with Crippen LogP contribution >= 0.6 is 11.8 Å². The van der Waals surface area contributed by atoms with E-state index in [1.807, 2.05) is 24.9 Å². The number of guanidine groups is 1. The van der Waals surface area contributed by atoms with Crippen molar-refractivity contribution in [2.45, 2.75) is 37.5 Å². The first-order valence-corrected chi connectivity index (χ1v) is 10.1. The Kier molecular flexibility index (Phi) is 7.29. The van der Waals surface area contributed by atoms with Crippen LogP contribution < -0.4 is 20.3 Å². The summed E-state index contributed by atoms with van der Waals surface area (Å²) in [5, 5.41) is 7.05. The van der Waals surface area contributed by atoms with Gasteiger partial charge in [-0.25, -0.2) is 0 Å². The third-order valence-corrected chi connectivity index (χ3v) is 5.89. The molecule has 1 aliphatic rings. The van der Waals surface area contributed by atoms with E-state index in [1.54, 1.807) is 7.11 Å². The maximum atomic E-state index is 5.36. The monoisotopic (exact) mass is 364 g/mol. The Morgan fingerprint density at radius 1 is 1.44 bits per heavy atom. The molecule has 0 bridgehead atoms. The summed E-state index contributed by atoms with van der Waals surface area (Å²) in [5.74, 6) is 1.80. The molecule has 2 N–H and O–H groups in total. The second kappa shape index (κ2) is 9.22. The fraction of sp³-hybridized carbons (Fsp3) is 0.632. The topological polar surface area (TPSA) is 48.9 Å². The van der Waals surface area contributed by atoms with Gasteiger partial charge in [0, 0.05) is 49.2 Å². The van der Waals surface area contributed by atoms with Crippen LogP contribution in [0, 0.1) is 0 Å². The summed E-state index contributed by atoms with van der Waals surface area (Å²) >= 11 is 1.86. The molecule has 1 saturated heterocycles. The molecule has 1 atom stereocenters. The van der Waals surface area contributed by atoms with Crippen molar-refractivity contribution in [1.29, 1.82) is 0 Å². The number of hydrogen-bond acceptors (Lipinski definition) is 4. The van der Waals surface area contributed by atoms with Crippen LogP contribution in [0.2, 0.25) is 0 Å². The lowest BCUT2D eigenvalue weighted by Gasteiger charge is -2.36. The van der Waals surface area contributed by atoms with Crippen molar-refractivity contribution in [3.8, 4) is 5.75 Å². The van der Waals surface area contributed by atoms with Crippen molar-refractivity contribution >= 4 is 23.4 Å². The van der Waals surface area contributed by atoms with E-state index < -0.39 is 0 Å². The van der Waals surface area contributed by atoms with Crippen LogP contribution in [-0.2, 0) is 0 Å². The molecule has 2 rings (SSSR count). The Morgan fingerprint density at radius 2 is 2.24 bits per heavy atom. The van der Waals surface area contributed by atoms with E-state index in [1.165, 1.54) is 12.1 Å². The molecule has 0 aromatic heterocycles. The zero-order valence-electron chi connectivity index (χ0n) is 16.1. The Morgan fingerprint density at radius 3 is 2.92 bits per heavy atom. The largest absolute Gasteiger partial charge is 0.497 e. The minimum atomic E-state index is 0.191. The average Bonchev–Trinajstić information content (AvgIpc) is 2.65. The molecule has 1 aliphatic heterocycles. The highest BCUT2D eigenvalue weighted by atomic mass is 32.2. The molecule has 25 heavy (non-hydrogen) atoms. The highest BCUT2D eigenvalue weighted by molar-refractivity contribution is 7.99. The summed E-state index contributed by atoms with van der Waals surface area (Å²) in [7, 11) is 3.55. The first-order valence-electron chi connectivity index (χ1n) is 8.89. The maximum absolute atomic E-state index is 5.36. The van der Waals surface area contributed by atoms with Gasteiger partial charge in [-0.2, -0.15) is 11.8 Å². The van der Waals surface area contributed by atoms with Gasteiger partial charge in [0.1, 0.15) is 5.75 Å². The van der Waals surface area contributed by atoms with Gasteiger partial charge in [0.25, 0.3) is 0 Å². The molecule has 1 aromatic carbocycles. The van der Waals surface area contributed by atoms with E-state index in [4.69, 9.17) is 4.74 Å². The summed E-state index contributed by atoms with van der Waals surface area (Å²) < 4.78 is 5.55. The van der Waals surface area contributed by atoms with Gasteiger partial charge >= 0.3 is 0 Å². The van der Waals surface area contributed by atoms with Crippen LogP contribution in [0.4, 0.5) is 5.69 Å². The Balaban J connectivity index is 1.93. The number of ether oxygens (including phenoxy) is 1. The van der Waals surface area contributed by atoms with Crippen LogP contribution in [0.3, 0.4) is 0 Å². The van der Waals surface area contributed by atoms with Gasteiger partial charge in [-0.15, -0.1) is 0 Å². The molecule has 1 heterocycles. The lowest BCUT2D eigenvalue weighted by molar-refractivity contribution is 0.414. The van der Waals surface area contributed by atoms with Crippen molar-refractivity contribution in [1.82, 2.24) is 10.6 Å². The normalized spacial score (nSPS) is 18.8. The maximum Gasteiger partial charge on any atom is 0.191 e. The summed E-state index contributed by atoms with van der Waals surface area (Å²) in [4.78, 5) is 6.81. The van der Waals surface area contributed by atoms with Crippen molar-refractivity contribution < 1.29 is 4.74 Å². The van der Waals surface area contributed by atoms with Crippen molar-refractivity contribution in [3.05, 3.63) is 24.3 Å². The number of anilines is 1. The molecule has 0 radical (unpaired) electrons. The zero-order valence-corrected chi connectivity index (χ0v) is 16.9. The Hall–Kier alpha value is -1.56. The number of nitrogens with zero attached hydrogens (tertiary/aromatic N) is 2. The number of hydrogen-bond donors (Lipinski definition) is 2. The van der Waals surface area contributed by atoms with Gasteiger partial charge in [-0.05, 0) is 45.1 Å². The quantitative estimate of drug-likeness (QED) is 0.600. The molecule has 1 unspecified atom stereocenters. The molecule has 1 aromatic rings. The third kappa shape index (κ3) is 6.03. The van der Waals surface area contributed by atoms with E-state index in [9.17, 15) is 0 Å². The molecule has 0 saturated carbocycles. The highest BCUT2D eigenvalue weighted by Crippen LogP contribution is 2.24. The standard InChI is InChI=1S/C19H32N4OS/c1-19(2,25-5)14-21-18(20-3)22-15-8-7-11-23(13-15)16-9-6-10-17(12-16)24-4/h6,9-10,12,15H,7-8,11,13-14H2,1-5H3,(H2,20,21,22). The van der Waals surface area contributed by atoms with Gasteiger partial charge in [-0.3, -0.25) is 4.99 Å². The Bertz CT molecular complexity index is 576. The second-order valence-electron chi connectivity index (χ2n) is 7.02. The number of benzene rings is 1. The molecule has 0 spiro atoms. The molecular weight excluding hydrogens is 332 g/mol. The number of methoxy groups -OCH3 is 1. The third-order valence-electron chi connectivity index (χ3n) is 4.64. The number of piperidine rings is 1. The van der Waals surface area contributed by atoms with Crippen LogP contribution in [0.1, 0.15) is 26.7 Å². The van der Waals surface area contributed by atoms with Gasteiger partial charge in [0.05, 0.1) is 7.11 Å². The minimum absolute atomic E-state index is 0.191. The molecule has 5 nitrogen and oxygen atoms in total. The zero-order chi connectivity index (χ0) is 18.3. The van der Waals surface area contributed by atoms with Crippen molar-refractivity contribution in [3.63, 3.8) is 0 Å². The van der Waals surface area contributed by atoms with E-state index in [0.29, 0.717) is 6.04 Å². The van der Waals surface area contributed by atoms with Crippen LogP contribution in [0.25, 0.3) is 0 Å². The van der Waals surface area contributed by atoms with Crippen molar-refractivity contribution in [2.75, 3.05) is 44.9 Å². The summed E-state index contributed by atoms with van der Waals surface area (Å²) in [6.45, 7) is 7.42. The van der Waals surface area contributed by atoms with Gasteiger partial charge in [-0.1, -0.05) is 6.07 Å².